The van der Waals surface area contributed by atoms with Crippen LogP contribution in [0.5, 0.6) is 0 Å². The Hall–Kier alpha value is -1.25. The molecule has 1 aliphatic heterocycles. The van der Waals surface area contributed by atoms with Crippen molar-refractivity contribution in [2.24, 2.45) is 9.54 Å². The van der Waals surface area contributed by atoms with Gasteiger partial charge < -0.3 is 0 Å². The van der Waals surface area contributed by atoms with Crippen molar-refractivity contribution < 1.29 is 16.8 Å². The summed E-state index contributed by atoms with van der Waals surface area (Å²) in [4.78, 5) is -0.131. The van der Waals surface area contributed by atoms with E-state index < -0.39 is 25.1 Å². The first-order chi connectivity index (χ1) is 6.82. The van der Waals surface area contributed by atoms with Gasteiger partial charge in [0, 0.05) is 5.56 Å². The largest absolute Gasteiger partial charge is 0.284 e. The van der Waals surface area contributed by atoms with Crippen molar-refractivity contribution in [1.82, 2.24) is 0 Å². The highest BCUT2D eigenvalue weighted by Crippen LogP contribution is 2.26. The van der Waals surface area contributed by atoms with Crippen LogP contribution in [-0.4, -0.2) is 21.9 Å². The van der Waals surface area contributed by atoms with E-state index >= 15 is 0 Å². The molecule has 80 valence electrons. The Morgan fingerprint density at radius 2 is 1.80 bits per heavy atom. The molecule has 0 spiro atoms. The molecule has 2 N–H and O–H groups in total. The average molecular weight is 246 g/mol. The minimum atomic E-state index is -4.12. The lowest BCUT2D eigenvalue weighted by atomic mass is 10.2. The number of benzene rings is 1. The van der Waals surface area contributed by atoms with E-state index in [1.54, 1.807) is 0 Å². The Morgan fingerprint density at radius 3 is 2.40 bits per heavy atom. The first-order valence-electron chi connectivity index (χ1n) is 3.79. The smallest absolute Gasteiger partial charge is 0.223 e. The van der Waals surface area contributed by atoms with E-state index in [2.05, 4.69) is 4.40 Å². The molecule has 1 heterocycles. The minimum Gasteiger partial charge on any atom is -0.223 e. The van der Waals surface area contributed by atoms with Crippen molar-refractivity contribution in [2.75, 3.05) is 0 Å². The monoisotopic (exact) mass is 246 g/mol. The lowest BCUT2D eigenvalue weighted by molar-refractivity contribution is 0.598. The summed E-state index contributed by atoms with van der Waals surface area (Å²) in [6, 6.07) is 5.63. The highest BCUT2D eigenvalue weighted by molar-refractivity contribution is 8.06. The molecule has 15 heavy (non-hydrogen) atoms. The van der Waals surface area contributed by atoms with Crippen molar-refractivity contribution >= 4 is 25.1 Å². The van der Waals surface area contributed by atoms with E-state index in [4.69, 9.17) is 5.14 Å². The zero-order valence-corrected chi connectivity index (χ0v) is 8.92. The van der Waals surface area contributed by atoms with Gasteiger partial charge in [0.1, 0.15) is 0 Å². The van der Waals surface area contributed by atoms with Crippen LogP contribution >= 0.6 is 0 Å². The molecule has 0 saturated heterocycles. The third kappa shape index (κ3) is 1.56. The zero-order chi connectivity index (χ0) is 11.3. The first kappa shape index (κ1) is 10.3. The molecule has 0 bridgehead atoms. The topological polar surface area (TPSA) is 107 Å². The summed E-state index contributed by atoms with van der Waals surface area (Å²) in [7, 11) is -8.03. The molecule has 0 atom stereocenters. The summed E-state index contributed by atoms with van der Waals surface area (Å²) in [5, 5.41) is 4.25. The lowest BCUT2D eigenvalue weighted by Crippen LogP contribution is -2.23. The van der Waals surface area contributed by atoms with Gasteiger partial charge in [-0.15, -0.1) is 4.40 Å². The van der Waals surface area contributed by atoms with Gasteiger partial charge in [0.15, 0.2) is 5.04 Å². The maximum Gasteiger partial charge on any atom is 0.284 e. The third-order valence-corrected chi connectivity index (χ3v) is 4.17. The normalized spacial score (nSPS) is 18.3. The van der Waals surface area contributed by atoms with Gasteiger partial charge in [-0.2, -0.15) is 8.42 Å². The average Bonchev–Trinajstić information content (AvgIpc) is 2.39. The number of rotatable bonds is 0. The van der Waals surface area contributed by atoms with Gasteiger partial charge in [-0.05, 0) is 6.07 Å². The van der Waals surface area contributed by atoms with E-state index in [9.17, 15) is 16.8 Å². The summed E-state index contributed by atoms with van der Waals surface area (Å²) in [6.07, 6.45) is 0. The van der Waals surface area contributed by atoms with Crippen molar-refractivity contribution in [3.8, 4) is 0 Å². The molecule has 6 nitrogen and oxygen atoms in total. The van der Waals surface area contributed by atoms with Crippen molar-refractivity contribution in [2.45, 2.75) is 4.90 Å². The van der Waals surface area contributed by atoms with Gasteiger partial charge in [0.25, 0.3) is 20.0 Å². The number of sulfonamides is 2. The predicted octanol–water partition coefficient (Wildman–Crippen LogP) is -0.576. The molecule has 1 aromatic rings. The fourth-order valence-electron chi connectivity index (χ4n) is 1.28. The van der Waals surface area contributed by atoms with Crippen LogP contribution in [0.2, 0.25) is 0 Å². The van der Waals surface area contributed by atoms with Gasteiger partial charge in [0.2, 0.25) is 0 Å². The second-order valence-corrected chi connectivity index (χ2v) is 5.96. The van der Waals surface area contributed by atoms with Crippen molar-refractivity contribution in [1.29, 1.82) is 0 Å². The SMILES string of the molecule is NS(=O)(=O)C1=NS(=O)(=O)c2ccccc21. The fraction of sp³-hybridized carbons (Fsp3) is 0. The number of hydrogen-bond acceptors (Lipinski definition) is 4. The molecule has 0 amide bonds. The summed E-state index contributed by atoms with van der Waals surface area (Å²) in [6.45, 7) is 0. The molecule has 0 aliphatic carbocycles. The Bertz CT molecular complexity index is 658. The fourth-order valence-corrected chi connectivity index (χ4v) is 3.65. The van der Waals surface area contributed by atoms with Crippen LogP contribution in [-0.2, 0) is 20.0 Å². The molecule has 0 unspecified atom stereocenters. The van der Waals surface area contributed by atoms with Crippen LogP contribution in [0.15, 0.2) is 33.6 Å². The molecule has 0 radical (unpaired) electrons. The number of primary sulfonamides is 1. The molecule has 8 heteroatoms. The summed E-state index contributed by atoms with van der Waals surface area (Å²) >= 11 is 0. The Labute approximate surface area is 86.5 Å². The quantitative estimate of drug-likeness (QED) is 0.661. The van der Waals surface area contributed by atoms with Crippen molar-refractivity contribution in [3.05, 3.63) is 29.8 Å². The maximum atomic E-state index is 11.4. The second-order valence-electron chi connectivity index (χ2n) is 2.91. The first-order valence-corrected chi connectivity index (χ1v) is 6.78. The number of nitrogens with zero attached hydrogens (tertiary/aromatic N) is 1. The Balaban J connectivity index is 2.87. The van der Waals surface area contributed by atoms with E-state index in [-0.39, 0.29) is 10.5 Å². The highest BCUT2D eigenvalue weighted by atomic mass is 32.2. The second kappa shape index (κ2) is 2.87. The van der Waals surface area contributed by atoms with E-state index in [1.807, 2.05) is 0 Å². The number of hydrogen-bond donors (Lipinski definition) is 1. The van der Waals surface area contributed by atoms with Gasteiger partial charge >= 0.3 is 0 Å². The zero-order valence-electron chi connectivity index (χ0n) is 7.28. The van der Waals surface area contributed by atoms with Gasteiger partial charge in [-0.25, -0.2) is 13.6 Å². The van der Waals surface area contributed by atoms with E-state index in [1.165, 1.54) is 24.3 Å². The molecule has 1 aromatic carbocycles. The summed E-state index contributed by atoms with van der Waals surface area (Å²) in [5.41, 5.74) is 0.0278. The summed E-state index contributed by atoms with van der Waals surface area (Å²) in [5.74, 6) is 0. The van der Waals surface area contributed by atoms with Gasteiger partial charge in [-0.1, -0.05) is 18.2 Å². The molecule has 0 saturated carbocycles. The molecule has 0 fully saturated rings. The van der Waals surface area contributed by atoms with Crippen LogP contribution in [0.1, 0.15) is 5.56 Å². The van der Waals surface area contributed by atoms with Crippen LogP contribution in [0, 0.1) is 0 Å². The molecular formula is C7H6N2O4S2. The number of nitrogens with two attached hydrogens (primary N) is 1. The van der Waals surface area contributed by atoms with Crippen molar-refractivity contribution in [3.63, 3.8) is 0 Å². The predicted molar refractivity (Wildman–Crippen MR) is 53.3 cm³/mol. The molecule has 1 aliphatic rings. The van der Waals surface area contributed by atoms with Gasteiger partial charge in [0.05, 0.1) is 4.90 Å². The standard InChI is InChI=1S/C7H6N2O4S2/c8-14(10,11)7-5-3-1-2-4-6(5)15(12,13)9-7/h1-4H,(H2,8,10,11). The summed E-state index contributed by atoms with van der Waals surface area (Å²) < 4.78 is 48.1. The van der Waals surface area contributed by atoms with Crippen LogP contribution in [0.4, 0.5) is 0 Å². The third-order valence-electron chi connectivity index (χ3n) is 1.87. The van der Waals surface area contributed by atoms with E-state index in [0.29, 0.717) is 0 Å². The maximum absolute atomic E-state index is 11.4. The van der Waals surface area contributed by atoms with E-state index in [0.717, 1.165) is 0 Å². The van der Waals surface area contributed by atoms with Crippen LogP contribution in [0.25, 0.3) is 0 Å². The van der Waals surface area contributed by atoms with Crippen LogP contribution < -0.4 is 5.14 Å². The Morgan fingerprint density at radius 1 is 1.20 bits per heavy atom. The lowest BCUT2D eigenvalue weighted by Gasteiger charge is -1.97. The Kier molecular flexibility index (Phi) is 1.97. The molecular weight excluding hydrogens is 240 g/mol. The minimum absolute atomic E-state index is 0.0278. The van der Waals surface area contributed by atoms with Crippen LogP contribution in [0.3, 0.4) is 0 Å². The number of fused-ring (bicyclic) bond motifs is 1. The molecule has 0 aromatic heterocycles. The van der Waals surface area contributed by atoms with Gasteiger partial charge in [-0.3, -0.25) is 0 Å². The molecule has 2 rings (SSSR count). The highest BCUT2D eigenvalue weighted by Gasteiger charge is 2.33.